The highest BCUT2D eigenvalue weighted by Gasteiger charge is 2.26. The summed E-state index contributed by atoms with van der Waals surface area (Å²) >= 11 is 1.44. The molecule has 0 unspecified atom stereocenters. The van der Waals surface area contributed by atoms with Crippen LogP contribution in [0.25, 0.3) is 0 Å². The van der Waals surface area contributed by atoms with Crippen molar-refractivity contribution >= 4 is 27.2 Å². The van der Waals surface area contributed by atoms with Gasteiger partial charge in [-0.1, -0.05) is 6.92 Å². The van der Waals surface area contributed by atoms with Crippen LogP contribution < -0.4 is 5.73 Å². The van der Waals surface area contributed by atoms with Crippen LogP contribution in [0.5, 0.6) is 0 Å². The molecule has 0 aliphatic carbocycles. The van der Waals surface area contributed by atoms with Crippen LogP contribution in [0, 0.1) is 6.92 Å². The summed E-state index contributed by atoms with van der Waals surface area (Å²) in [6.45, 7) is 4.76. The number of nitrogens with two attached hydrogens (primary N) is 1. The normalized spacial score (nSPS) is 12.2. The maximum Gasteiger partial charge on any atom is 0.248 e. The zero-order chi connectivity index (χ0) is 15.6. The number of aryl methyl sites for hydroxylation is 2. The van der Waals surface area contributed by atoms with E-state index in [1.165, 1.54) is 28.9 Å². The van der Waals surface area contributed by atoms with Gasteiger partial charge in [0.2, 0.25) is 10.0 Å². The number of sulfonamides is 1. The van der Waals surface area contributed by atoms with Crippen LogP contribution in [0.1, 0.15) is 23.9 Å². The van der Waals surface area contributed by atoms with E-state index in [1.54, 1.807) is 10.2 Å². The molecule has 2 heterocycles. The minimum absolute atomic E-state index is 0.0383. The number of rotatable bonds is 6. The lowest BCUT2D eigenvalue weighted by Gasteiger charge is -2.15. The smallest absolute Gasteiger partial charge is 0.248 e. The van der Waals surface area contributed by atoms with E-state index >= 15 is 0 Å². The van der Waals surface area contributed by atoms with Crippen molar-refractivity contribution in [1.82, 2.24) is 19.1 Å². The van der Waals surface area contributed by atoms with Crippen molar-refractivity contribution < 1.29 is 8.42 Å². The van der Waals surface area contributed by atoms with Crippen molar-refractivity contribution in [3.05, 3.63) is 22.3 Å². The molecular formula is C12H19N5O2S2. The molecule has 0 fully saturated rings. The molecule has 0 bridgehead atoms. The van der Waals surface area contributed by atoms with Crippen LogP contribution in [0.2, 0.25) is 0 Å². The highest BCUT2D eigenvalue weighted by Crippen LogP contribution is 2.23. The molecular weight excluding hydrogens is 310 g/mol. The molecule has 0 atom stereocenters. The van der Waals surface area contributed by atoms with Gasteiger partial charge < -0.3 is 5.73 Å². The fourth-order valence-corrected chi connectivity index (χ4v) is 4.00. The average Bonchev–Trinajstić information content (AvgIpc) is 2.97. The Morgan fingerprint density at radius 1 is 1.48 bits per heavy atom. The molecule has 116 valence electrons. The summed E-state index contributed by atoms with van der Waals surface area (Å²) in [6.07, 6.45) is 2.35. The predicted molar refractivity (Wildman–Crippen MR) is 82.4 cm³/mol. The highest BCUT2D eigenvalue weighted by molar-refractivity contribution is 7.89. The summed E-state index contributed by atoms with van der Waals surface area (Å²) in [5.41, 5.74) is 8.30. The Balaban J connectivity index is 2.26. The predicted octanol–water partition coefficient (Wildman–Crippen LogP) is 1.46. The van der Waals surface area contributed by atoms with Gasteiger partial charge in [-0.05, 0) is 13.3 Å². The molecule has 0 spiro atoms. The number of nitrogens with zero attached hydrogens (tertiary/aromatic N) is 4. The van der Waals surface area contributed by atoms with Gasteiger partial charge in [-0.25, -0.2) is 13.4 Å². The summed E-state index contributed by atoms with van der Waals surface area (Å²) in [6, 6.07) is 0. The second-order valence-corrected chi connectivity index (χ2v) is 7.72. The molecule has 2 rings (SSSR count). The van der Waals surface area contributed by atoms with Gasteiger partial charge in [0.15, 0.2) is 5.82 Å². The molecule has 7 nitrogen and oxygen atoms in total. The van der Waals surface area contributed by atoms with Crippen LogP contribution in [0.4, 0.5) is 5.82 Å². The van der Waals surface area contributed by atoms with E-state index in [0.717, 1.165) is 17.0 Å². The molecule has 2 aromatic rings. The fourth-order valence-electron chi connectivity index (χ4n) is 1.89. The Morgan fingerprint density at radius 2 is 2.19 bits per heavy atom. The van der Waals surface area contributed by atoms with Gasteiger partial charge in [0, 0.05) is 31.2 Å². The van der Waals surface area contributed by atoms with Gasteiger partial charge in [-0.2, -0.15) is 9.40 Å². The van der Waals surface area contributed by atoms with E-state index in [0.29, 0.717) is 6.54 Å². The summed E-state index contributed by atoms with van der Waals surface area (Å²) in [4.78, 5) is 5.10. The molecule has 0 amide bonds. The summed E-state index contributed by atoms with van der Waals surface area (Å²) < 4.78 is 28.0. The van der Waals surface area contributed by atoms with Crippen LogP contribution in [-0.2, 0) is 23.1 Å². The number of hydrogen-bond donors (Lipinski definition) is 1. The molecule has 0 saturated carbocycles. The molecule has 0 aliphatic rings. The van der Waals surface area contributed by atoms with Crippen LogP contribution >= 0.6 is 11.3 Å². The first-order chi connectivity index (χ1) is 9.86. The molecule has 2 aromatic heterocycles. The first-order valence-electron chi connectivity index (χ1n) is 6.54. The standard InChI is InChI=1S/C12H19N5O2S2/c1-4-5-17-7-11(12(13)15-17)21(18,19)16(3)6-10-9(2)14-8-20-10/h7-8H,4-6H2,1-3H3,(H2,13,15). The van der Waals surface area contributed by atoms with Crippen molar-refractivity contribution in [3.8, 4) is 0 Å². The topological polar surface area (TPSA) is 94.1 Å². The maximum absolute atomic E-state index is 12.6. The van der Waals surface area contributed by atoms with Crippen molar-refractivity contribution in [2.75, 3.05) is 12.8 Å². The van der Waals surface area contributed by atoms with Gasteiger partial charge in [0.05, 0.1) is 11.2 Å². The minimum atomic E-state index is -3.66. The average molecular weight is 329 g/mol. The Labute approximate surface area is 128 Å². The van der Waals surface area contributed by atoms with Gasteiger partial charge in [0.25, 0.3) is 0 Å². The Morgan fingerprint density at radius 3 is 2.76 bits per heavy atom. The second-order valence-electron chi connectivity index (χ2n) is 4.76. The van der Waals surface area contributed by atoms with Crippen LogP contribution in [-0.4, -0.2) is 34.5 Å². The quantitative estimate of drug-likeness (QED) is 0.866. The molecule has 2 N–H and O–H groups in total. The van der Waals surface area contributed by atoms with E-state index in [1.807, 2.05) is 13.8 Å². The number of hydrogen-bond acceptors (Lipinski definition) is 6. The molecule has 21 heavy (non-hydrogen) atoms. The van der Waals surface area contributed by atoms with Crippen LogP contribution in [0.3, 0.4) is 0 Å². The Bertz CT molecular complexity index is 720. The molecule has 9 heteroatoms. The molecule has 0 radical (unpaired) electrons. The monoisotopic (exact) mass is 329 g/mol. The van der Waals surface area contributed by atoms with E-state index in [9.17, 15) is 8.42 Å². The third-order valence-corrected chi connectivity index (χ3v) is 5.85. The van der Waals surface area contributed by atoms with E-state index in [-0.39, 0.29) is 17.3 Å². The zero-order valence-corrected chi connectivity index (χ0v) is 13.9. The van der Waals surface area contributed by atoms with E-state index in [4.69, 9.17) is 5.73 Å². The lowest BCUT2D eigenvalue weighted by molar-refractivity contribution is 0.468. The lowest BCUT2D eigenvalue weighted by Crippen LogP contribution is -2.26. The van der Waals surface area contributed by atoms with Crippen molar-refractivity contribution in [2.24, 2.45) is 0 Å². The molecule has 0 aliphatic heterocycles. The first kappa shape index (κ1) is 15.9. The molecule has 0 aromatic carbocycles. The van der Waals surface area contributed by atoms with Gasteiger partial charge >= 0.3 is 0 Å². The second kappa shape index (κ2) is 6.12. The number of anilines is 1. The van der Waals surface area contributed by atoms with Gasteiger partial charge in [-0.15, -0.1) is 11.3 Å². The number of aromatic nitrogens is 3. The SMILES string of the molecule is CCCn1cc(S(=O)(=O)N(C)Cc2scnc2C)c(N)n1. The largest absolute Gasteiger partial charge is 0.381 e. The zero-order valence-electron chi connectivity index (χ0n) is 12.3. The van der Waals surface area contributed by atoms with Crippen molar-refractivity contribution in [3.63, 3.8) is 0 Å². The maximum atomic E-state index is 12.6. The highest BCUT2D eigenvalue weighted by atomic mass is 32.2. The third kappa shape index (κ3) is 3.25. The summed E-state index contributed by atoms with van der Waals surface area (Å²) in [7, 11) is -2.12. The van der Waals surface area contributed by atoms with E-state index < -0.39 is 10.0 Å². The van der Waals surface area contributed by atoms with Crippen molar-refractivity contribution in [2.45, 2.75) is 38.3 Å². The minimum Gasteiger partial charge on any atom is -0.381 e. The number of thiazole rings is 1. The summed E-state index contributed by atoms with van der Waals surface area (Å²) in [5.74, 6) is 0.0383. The van der Waals surface area contributed by atoms with E-state index in [2.05, 4.69) is 10.1 Å². The van der Waals surface area contributed by atoms with Gasteiger partial charge in [0.1, 0.15) is 4.90 Å². The number of nitrogen functional groups attached to an aromatic ring is 1. The lowest BCUT2D eigenvalue weighted by atomic mass is 10.4. The fraction of sp³-hybridized carbons (Fsp3) is 0.500. The summed E-state index contributed by atoms with van der Waals surface area (Å²) in [5, 5.41) is 4.04. The Kier molecular flexibility index (Phi) is 4.64. The Hall–Kier alpha value is -1.45. The van der Waals surface area contributed by atoms with Gasteiger partial charge in [-0.3, -0.25) is 4.68 Å². The first-order valence-corrected chi connectivity index (χ1v) is 8.86. The molecule has 0 saturated heterocycles. The third-order valence-electron chi connectivity index (χ3n) is 3.11. The van der Waals surface area contributed by atoms with Crippen molar-refractivity contribution in [1.29, 1.82) is 0 Å². The van der Waals surface area contributed by atoms with Crippen LogP contribution in [0.15, 0.2) is 16.6 Å².